The lowest BCUT2D eigenvalue weighted by Crippen LogP contribution is -2.03. The van der Waals surface area contributed by atoms with Gasteiger partial charge >= 0.3 is 0 Å². The van der Waals surface area contributed by atoms with Crippen LogP contribution in [0.5, 0.6) is 0 Å². The van der Waals surface area contributed by atoms with Crippen LogP contribution in [0.3, 0.4) is 0 Å². The fourth-order valence-electron chi connectivity index (χ4n) is 1.07. The number of rotatable bonds is 5. The van der Waals surface area contributed by atoms with E-state index in [1.807, 2.05) is 0 Å². The number of hydrogen-bond acceptors (Lipinski definition) is 1. The number of hydrogen-bond donors (Lipinski definition) is 1. The SMILES string of the molecule is CC/C=C(C)\C=C/C(C)CCN. The van der Waals surface area contributed by atoms with Crippen molar-refractivity contribution in [2.45, 2.75) is 33.6 Å². The first-order valence-electron chi connectivity index (χ1n) is 4.75. The minimum atomic E-state index is 0.607. The number of nitrogens with two attached hydrogens (primary N) is 1. The fraction of sp³-hybridized carbons (Fsp3) is 0.636. The highest BCUT2D eigenvalue weighted by molar-refractivity contribution is 5.16. The van der Waals surface area contributed by atoms with Gasteiger partial charge in [0.2, 0.25) is 0 Å². The van der Waals surface area contributed by atoms with Crippen molar-refractivity contribution in [3.63, 3.8) is 0 Å². The zero-order valence-electron chi connectivity index (χ0n) is 8.51. The summed E-state index contributed by atoms with van der Waals surface area (Å²) in [6, 6.07) is 0. The summed E-state index contributed by atoms with van der Waals surface area (Å²) in [6.45, 7) is 7.26. The van der Waals surface area contributed by atoms with Crippen molar-refractivity contribution in [2.24, 2.45) is 11.7 Å². The lowest BCUT2D eigenvalue weighted by Gasteiger charge is -2.01. The molecule has 0 aliphatic heterocycles. The summed E-state index contributed by atoms with van der Waals surface area (Å²) in [4.78, 5) is 0. The van der Waals surface area contributed by atoms with Gasteiger partial charge in [-0.3, -0.25) is 0 Å². The van der Waals surface area contributed by atoms with Crippen LogP contribution >= 0.6 is 0 Å². The molecule has 0 fully saturated rings. The van der Waals surface area contributed by atoms with Crippen LogP contribution in [0, 0.1) is 5.92 Å². The van der Waals surface area contributed by atoms with E-state index in [0.29, 0.717) is 5.92 Å². The van der Waals surface area contributed by atoms with Crippen molar-refractivity contribution < 1.29 is 0 Å². The van der Waals surface area contributed by atoms with Crippen LogP contribution in [0.4, 0.5) is 0 Å². The van der Waals surface area contributed by atoms with Crippen LogP contribution in [0.25, 0.3) is 0 Å². The van der Waals surface area contributed by atoms with Crippen molar-refractivity contribution in [2.75, 3.05) is 6.54 Å². The van der Waals surface area contributed by atoms with Gasteiger partial charge in [-0.1, -0.05) is 37.6 Å². The number of allylic oxidation sites excluding steroid dienone is 4. The summed E-state index contributed by atoms with van der Waals surface area (Å²) in [5.74, 6) is 0.607. The maximum absolute atomic E-state index is 5.45. The highest BCUT2D eigenvalue weighted by Crippen LogP contribution is 2.05. The summed E-state index contributed by atoms with van der Waals surface area (Å²) in [6.07, 6.45) is 8.83. The van der Waals surface area contributed by atoms with Crippen LogP contribution in [0.15, 0.2) is 23.8 Å². The molecule has 1 heteroatoms. The molecule has 70 valence electrons. The zero-order valence-corrected chi connectivity index (χ0v) is 8.51. The van der Waals surface area contributed by atoms with E-state index in [1.54, 1.807) is 0 Å². The fourth-order valence-corrected chi connectivity index (χ4v) is 1.07. The Labute approximate surface area is 76.3 Å². The van der Waals surface area contributed by atoms with Crippen molar-refractivity contribution in [1.82, 2.24) is 0 Å². The molecule has 12 heavy (non-hydrogen) atoms. The van der Waals surface area contributed by atoms with E-state index in [1.165, 1.54) is 5.57 Å². The van der Waals surface area contributed by atoms with Crippen molar-refractivity contribution >= 4 is 0 Å². The molecule has 0 heterocycles. The van der Waals surface area contributed by atoms with E-state index >= 15 is 0 Å². The van der Waals surface area contributed by atoms with Gasteiger partial charge in [0, 0.05) is 0 Å². The Morgan fingerprint density at radius 3 is 2.67 bits per heavy atom. The molecule has 0 rings (SSSR count). The largest absolute Gasteiger partial charge is 0.330 e. The van der Waals surface area contributed by atoms with Crippen LogP contribution < -0.4 is 5.73 Å². The van der Waals surface area contributed by atoms with Crippen LogP contribution in [-0.4, -0.2) is 6.54 Å². The predicted molar refractivity (Wildman–Crippen MR) is 56.0 cm³/mol. The van der Waals surface area contributed by atoms with Crippen molar-refractivity contribution in [3.05, 3.63) is 23.8 Å². The zero-order chi connectivity index (χ0) is 9.40. The maximum atomic E-state index is 5.45. The van der Waals surface area contributed by atoms with E-state index in [2.05, 4.69) is 39.0 Å². The lowest BCUT2D eigenvalue weighted by atomic mass is 10.1. The van der Waals surface area contributed by atoms with Crippen molar-refractivity contribution in [3.8, 4) is 0 Å². The second kappa shape index (κ2) is 7.11. The molecule has 1 nitrogen and oxygen atoms in total. The van der Waals surface area contributed by atoms with Crippen LogP contribution in [-0.2, 0) is 0 Å². The molecular formula is C11H21N. The van der Waals surface area contributed by atoms with E-state index in [9.17, 15) is 0 Å². The van der Waals surface area contributed by atoms with E-state index in [0.717, 1.165) is 19.4 Å². The predicted octanol–water partition coefficient (Wildman–Crippen LogP) is 2.88. The van der Waals surface area contributed by atoms with Crippen LogP contribution in [0.2, 0.25) is 0 Å². The Morgan fingerprint density at radius 2 is 2.17 bits per heavy atom. The topological polar surface area (TPSA) is 26.0 Å². The van der Waals surface area contributed by atoms with Crippen molar-refractivity contribution in [1.29, 1.82) is 0 Å². The molecule has 0 aliphatic carbocycles. The minimum Gasteiger partial charge on any atom is -0.330 e. The molecule has 0 aliphatic rings. The Hall–Kier alpha value is -0.560. The molecule has 0 bridgehead atoms. The molecule has 0 saturated heterocycles. The molecule has 0 aromatic carbocycles. The van der Waals surface area contributed by atoms with Crippen LogP contribution in [0.1, 0.15) is 33.6 Å². The highest BCUT2D eigenvalue weighted by atomic mass is 14.5. The summed E-state index contributed by atoms with van der Waals surface area (Å²) >= 11 is 0. The molecule has 0 aromatic rings. The van der Waals surface area contributed by atoms with E-state index in [-0.39, 0.29) is 0 Å². The highest BCUT2D eigenvalue weighted by Gasteiger charge is 1.92. The Kier molecular flexibility index (Phi) is 6.78. The molecule has 0 saturated carbocycles. The third kappa shape index (κ3) is 6.17. The van der Waals surface area contributed by atoms with Gasteiger partial charge in [-0.25, -0.2) is 0 Å². The van der Waals surface area contributed by atoms with Gasteiger partial charge in [0.1, 0.15) is 0 Å². The van der Waals surface area contributed by atoms with Gasteiger partial charge in [-0.2, -0.15) is 0 Å². The summed E-state index contributed by atoms with van der Waals surface area (Å²) < 4.78 is 0. The normalized spacial score (nSPS) is 15.5. The first-order valence-corrected chi connectivity index (χ1v) is 4.75. The lowest BCUT2D eigenvalue weighted by molar-refractivity contribution is 0.658. The maximum Gasteiger partial charge on any atom is -0.00718 e. The Morgan fingerprint density at radius 1 is 1.50 bits per heavy atom. The molecule has 1 atom stereocenters. The molecule has 0 radical (unpaired) electrons. The second-order valence-electron chi connectivity index (χ2n) is 3.27. The summed E-state index contributed by atoms with van der Waals surface area (Å²) in [5, 5.41) is 0. The monoisotopic (exact) mass is 167 g/mol. The molecule has 0 amide bonds. The third-order valence-corrected chi connectivity index (χ3v) is 1.84. The van der Waals surface area contributed by atoms with Gasteiger partial charge in [-0.15, -0.1) is 0 Å². The first kappa shape index (κ1) is 11.4. The molecule has 1 unspecified atom stereocenters. The van der Waals surface area contributed by atoms with Gasteiger partial charge in [0.15, 0.2) is 0 Å². The molecule has 0 aromatic heterocycles. The first-order chi connectivity index (χ1) is 5.70. The van der Waals surface area contributed by atoms with Gasteiger partial charge in [0.05, 0.1) is 0 Å². The van der Waals surface area contributed by atoms with Gasteiger partial charge in [-0.05, 0) is 32.2 Å². The smallest absolute Gasteiger partial charge is 0.00718 e. The minimum absolute atomic E-state index is 0.607. The van der Waals surface area contributed by atoms with E-state index < -0.39 is 0 Å². The molecule has 0 spiro atoms. The average molecular weight is 167 g/mol. The molecule has 2 N–H and O–H groups in total. The standard InChI is InChI=1S/C11H21N/c1-4-5-10(2)6-7-11(3)8-9-12/h5-7,11H,4,8-9,12H2,1-3H3/b7-6-,10-5-. The second-order valence-corrected chi connectivity index (χ2v) is 3.27. The summed E-state index contributed by atoms with van der Waals surface area (Å²) in [5.41, 5.74) is 6.79. The van der Waals surface area contributed by atoms with E-state index in [4.69, 9.17) is 5.73 Å². The summed E-state index contributed by atoms with van der Waals surface area (Å²) in [7, 11) is 0. The quantitative estimate of drug-likeness (QED) is 0.626. The third-order valence-electron chi connectivity index (χ3n) is 1.84. The van der Waals surface area contributed by atoms with Gasteiger partial charge in [0.25, 0.3) is 0 Å². The Balaban J connectivity index is 3.80. The Bertz CT molecular complexity index is 156. The average Bonchev–Trinajstić information content (AvgIpc) is 2.02. The van der Waals surface area contributed by atoms with Gasteiger partial charge < -0.3 is 5.73 Å². The molecular weight excluding hydrogens is 146 g/mol.